The zero-order valence-electron chi connectivity index (χ0n) is 17.5. The minimum Gasteiger partial charge on any atom is -0.462 e. The average Bonchev–Trinajstić information content (AvgIpc) is 2.72. The maximum Gasteiger partial charge on any atom is 0.337 e. The van der Waals surface area contributed by atoms with Crippen molar-refractivity contribution in [2.75, 3.05) is 19.8 Å². The summed E-state index contributed by atoms with van der Waals surface area (Å²) in [6.07, 6.45) is 18.4. The van der Waals surface area contributed by atoms with Gasteiger partial charge in [-0.15, -0.1) is 0 Å². The molecule has 0 unspecified atom stereocenters. The molecule has 0 radical (unpaired) electrons. The van der Waals surface area contributed by atoms with Crippen LogP contribution in [0.15, 0.2) is 34.4 Å². The van der Waals surface area contributed by atoms with Crippen LogP contribution in [0.5, 0.6) is 0 Å². The molecule has 0 bridgehead atoms. The van der Waals surface area contributed by atoms with E-state index in [9.17, 15) is 4.79 Å². The van der Waals surface area contributed by atoms with Gasteiger partial charge in [0, 0.05) is 6.61 Å². The molecule has 0 saturated heterocycles. The first-order valence-corrected chi connectivity index (χ1v) is 11.1. The van der Waals surface area contributed by atoms with Crippen molar-refractivity contribution in [2.45, 2.75) is 90.9 Å². The van der Waals surface area contributed by atoms with E-state index in [1.807, 2.05) is 6.92 Å². The van der Waals surface area contributed by atoms with Crippen molar-refractivity contribution in [3.8, 4) is 0 Å². The standard InChI is InChI=1S/C24H38O3/c1-3-5-6-13-18-27-24(25)22(19-26-4-2)23(20-14-9-7-10-15-20)21-16-11-8-12-17-21/h14,16H,3-13,15,17-19H2,1-2H3. The number of rotatable bonds is 11. The number of ether oxygens (including phenoxy) is 2. The third-order valence-electron chi connectivity index (χ3n) is 5.45. The monoisotopic (exact) mass is 374 g/mol. The maximum absolute atomic E-state index is 13.0. The summed E-state index contributed by atoms with van der Waals surface area (Å²) in [5.74, 6) is -0.173. The second-order valence-corrected chi connectivity index (χ2v) is 7.64. The third kappa shape index (κ3) is 7.29. The van der Waals surface area contributed by atoms with Crippen LogP contribution in [0.4, 0.5) is 0 Å². The van der Waals surface area contributed by atoms with E-state index in [2.05, 4.69) is 19.1 Å². The van der Waals surface area contributed by atoms with Crippen LogP contribution in [0, 0.1) is 0 Å². The molecule has 2 rings (SSSR count). The van der Waals surface area contributed by atoms with Crippen LogP contribution in [-0.4, -0.2) is 25.8 Å². The molecule has 0 amide bonds. The van der Waals surface area contributed by atoms with Crippen LogP contribution >= 0.6 is 0 Å². The molecule has 3 nitrogen and oxygen atoms in total. The molecule has 0 spiro atoms. The van der Waals surface area contributed by atoms with Gasteiger partial charge in [-0.3, -0.25) is 0 Å². The molecular formula is C24H38O3. The van der Waals surface area contributed by atoms with Gasteiger partial charge in [0.2, 0.25) is 0 Å². The molecule has 0 aromatic carbocycles. The van der Waals surface area contributed by atoms with Crippen molar-refractivity contribution >= 4 is 5.97 Å². The molecule has 0 atom stereocenters. The molecule has 0 fully saturated rings. The molecule has 0 saturated carbocycles. The molecule has 0 N–H and O–H groups in total. The maximum atomic E-state index is 13.0. The molecule has 0 aromatic rings. The normalized spacial score (nSPS) is 17.1. The fourth-order valence-corrected chi connectivity index (χ4v) is 3.94. The SMILES string of the molecule is CCCCCCOC(=O)C(COCC)=C(C1=CCCCC1)C1=CCCCC1. The largest absolute Gasteiger partial charge is 0.462 e. The van der Waals surface area contributed by atoms with Crippen molar-refractivity contribution in [3.05, 3.63) is 34.4 Å². The molecule has 152 valence electrons. The summed E-state index contributed by atoms with van der Waals surface area (Å²) in [5.41, 5.74) is 4.58. The lowest BCUT2D eigenvalue weighted by Crippen LogP contribution is -2.18. The van der Waals surface area contributed by atoms with Crippen molar-refractivity contribution in [3.63, 3.8) is 0 Å². The lowest BCUT2D eigenvalue weighted by molar-refractivity contribution is -0.139. The minimum absolute atomic E-state index is 0.173. The van der Waals surface area contributed by atoms with Gasteiger partial charge in [0.25, 0.3) is 0 Å². The van der Waals surface area contributed by atoms with Crippen LogP contribution in [-0.2, 0) is 14.3 Å². The highest BCUT2D eigenvalue weighted by atomic mass is 16.5. The predicted octanol–water partition coefficient (Wildman–Crippen LogP) is 6.44. The number of carbonyl (C=O) groups excluding carboxylic acids is 1. The van der Waals surface area contributed by atoms with Crippen LogP contribution in [0.1, 0.15) is 90.9 Å². The minimum atomic E-state index is -0.173. The lowest BCUT2D eigenvalue weighted by Gasteiger charge is -2.24. The fourth-order valence-electron chi connectivity index (χ4n) is 3.94. The van der Waals surface area contributed by atoms with E-state index in [-0.39, 0.29) is 5.97 Å². The fraction of sp³-hybridized carbons (Fsp3) is 0.708. The van der Waals surface area contributed by atoms with Gasteiger partial charge >= 0.3 is 5.97 Å². The number of carbonyl (C=O) groups is 1. The van der Waals surface area contributed by atoms with Gasteiger partial charge in [0.15, 0.2) is 0 Å². The van der Waals surface area contributed by atoms with Gasteiger partial charge < -0.3 is 9.47 Å². The quantitative estimate of drug-likeness (QED) is 0.237. The van der Waals surface area contributed by atoms with Crippen LogP contribution < -0.4 is 0 Å². The van der Waals surface area contributed by atoms with Gasteiger partial charge in [-0.1, -0.05) is 38.3 Å². The van der Waals surface area contributed by atoms with Crippen molar-refractivity contribution < 1.29 is 14.3 Å². The Kier molecular flexibility index (Phi) is 10.5. The van der Waals surface area contributed by atoms with Crippen molar-refractivity contribution in [1.82, 2.24) is 0 Å². The number of unbranched alkanes of at least 4 members (excludes halogenated alkanes) is 3. The second-order valence-electron chi connectivity index (χ2n) is 7.64. The smallest absolute Gasteiger partial charge is 0.337 e. The zero-order valence-corrected chi connectivity index (χ0v) is 17.5. The Hall–Kier alpha value is -1.35. The Bertz CT molecular complexity index is 526. The molecule has 27 heavy (non-hydrogen) atoms. The molecule has 3 heteroatoms. The summed E-state index contributed by atoms with van der Waals surface area (Å²) < 4.78 is 11.4. The Labute approximate surface area is 165 Å². The first-order valence-electron chi connectivity index (χ1n) is 11.1. The Morgan fingerprint density at radius 3 is 2.11 bits per heavy atom. The Balaban J connectivity index is 2.25. The van der Waals surface area contributed by atoms with Gasteiger partial charge in [-0.2, -0.15) is 0 Å². The topological polar surface area (TPSA) is 35.5 Å². The molecule has 0 heterocycles. The highest BCUT2D eigenvalue weighted by Crippen LogP contribution is 2.36. The van der Waals surface area contributed by atoms with E-state index < -0.39 is 0 Å². The summed E-state index contributed by atoms with van der Waals surface area (Å²) in [4.78, 5) is 13.0. The van der Waals surface area contributed by atoms with E-state index in [1.54, 1.807) is 0 Å². The first kappa shape index (κ1) is 21.9. The summed E-state index contributed by atoms with van der Waals surface area (Å²) >= 11 is 0. The molecule has 2 aliphatic rings. The van der Waals surface area contributed by atoms with Crippen LogP contribution in [0.2, 0.25) is 0 Å². The highest BCUT2D eigenvalue weighted by Gasteiger charge is 2.24. The predicted molar refractivity (Wildman–Crippen MR) is 112 cm³/mol. The van der Waals surface area contributed by atoms with Gasteiger partial charge in [0.1, 0.15) is 0 Å². The lowest BCUT2D eigenvalue weighted by atomic mass is 9.82. The van der Waals surface area contributed by atoms with E-state index in [0.29, 0.717) is 19.8 Å². The third-order valence-corrected chi connectivity index (χ3v) is 5.45. The van der Waals surface area contributed by atoms with E-state index in [1.165, 1.54) is 49.7 Å². The van der Waals surface area contributed by atoms with E-state index in [4.69, 9.17) is 9.47 Å². The average molecular weight is 375 g/mol. The molecular weight excluding hydrogens is 336 g/mol. The summed E-state index contributed by atoms with van der Waals surface area (Å²) in [7, 11) is 0. The van der Waals surface area contributed by atoms with Gasteiger partial charge in [-0.05, 0) is 81.4 Å². The number of hydrogen-bond acceptors (Lipinski definition) is 3. The number of esters is 1. The van der Waals surface area contributed by atoms with E-state index >= 15 is 0 Å². The second kappa shape index (κ2) is 12.9. The number of allylic oxidation sites excluding steroid dienone is 5. The van der Waals surface area contributed by atoms with Gasteiger partial charge in [-0.25, -0.2) is 4.79 Å². The summed E-state index contributed by atoms with van der Waals surface area (Å²) in [5, 5.41) is 0. The highest BCUT2D eigenvalue weighted by molar-refractivity contribution is 5.92. The summed E-state index contributed by atoms with van der Waals surface area (Å²) in [6, 6.07) is 0. The van der Waals surface area contributed by atoms with Crippen molar-refractivity contribution in [1.29, 1.82) is 0 Å². The van der Waals surface area contributed by atoms with Crippen LogP contribution in [0.25, 0.3) is 0 Å². The van der Waals surface area contributed by atoms with Crippen molar-refractivity contribution in [2.24, 2.45) is 0 Å². The zero-order chi connectivity index (χ0) is 19.3. The Morgan fingerprint density at radius 2 is 1.59 bits per heavy atom. The number of hydrogen-bond donors (Lipinski definition) is 0. The summed E-state index contributed by atoms with van der Waals surface area (Å²) in [6.45, 7) is 5.65. The van der Waals surface area contributed by atoms with Gasteiger partial charge in [0.05, 0.1) is 18.8 Å². The Morgan fingerprint density at radius 1 is 0.926 bits per heavy atom. The van der Waals surface area contributed by atoms with Crippen LogP contribution in [0.3, 0.4) is 0 Å². The molecule has 0 aliphatic heterocycles. The van der Waals surface area contributed by atoms with E-state index in [0.717, 1.165) is 49.7 Å². The first-order chi connectivity index (χ1) is 13.3. The molecule has 0 aromatic heterocycles. The molecule has 2 aliphatic carbocycles.